The van der Waals surface area contributed by atoms with Gasteiger partial charge in [-0.3, -0.25) is 10.1 Å². The average Bonchev–Trinajstić information content (AvgIpc) is 2.80. The molecule has 0 aliphatic carbocycles. The molecule has 2 N–H and O–H groups in total. The fourth-order valence-corrected chi connectivity index (χ4v) is 4.58. The zero-order valence-corrected chi connectivity index (χ0v) is 22.6. The average molecular weight is 548 g/mol. The molecule has 0 unspecified atom stereocenters. The van der Waals surface area contributed by atoms with Crippen LogP contribution in [0, 0.1) is 11.6 Å². The third kappa shape index (κ3) is 8.36. The quantitative estimate of drug-likeness (QED) is 0.319. The number of benzene rings is 2. The highest BCUT2D eigenvalue weighted by molar-refractivity contribution is 6.31. The minimum Gasteiger partial charge on any atom is -0.447 e. The van der Waals surface area contributed by atoms with E-state index in [1.54, 1.807) is 30.9 Å². The zero-order chi connectivity index (χ0) is 28.0. The fourth-order valence-electron chi connectivity index (χ4n) is 4.32. The molecular weight excluding hydrogens is 516 g/mol. The molecule has 0 saturated heterocycles. The molecule has 10 heteroatoms. The molecule has 2 aromatic carbocycles. The van der Waals surface area contributed by atoms with E-state index >= 15 is 0 Å². The van der Waals surface area contributed by atoms with Crippen LogP contribution in [0.2, 0.25) is 5.02 Å². The van der Waals surface area contributed by atoms with Gasteiger partial charge in [-0.15, -0.1) is 0 Å². The first-order valence-electron chi connectivity index (χ1n) is 12.3. The van der Waals surface area contributed by atoms with E-state index < -0.39 is 29.4 Å². The summed E-state index contributed by atoms with van der Waals surface area (Å²) < 4.78 is 32.4. The summed E-state index contributed by atoms with van der Waals surface area (Å²) in [6, 6.07) is 8.91. The van der Waals surface area contributed by atoms with Crippen LogP contribution >= 0.6 is 11.6 Å². The van der Waals surface area contributed by atoms with Gasteiger partial charge in [0.05, 0.1) is 11.6 Å². The summed E-state index contributed by atoms with van der Waals surface area (Å²) in [7, 11) is 0. The van der Waals surface area contributed by atoms with Crippen molar-refractivity contribution in [2.75, 3.05) is 11.9 Å². The van der Waals surface area contributed by atoms with Crippen molar-refractivity contribution in [2.45, 2.75) is 64.6 Å². The largest absolute Gasteiger partial charge is 0.447 e. The van der Waals surface area contributed by atoms with Gasteiger partial charge in [-0.05, 0) is 87.9 Å². The topological polar surface area (TPSA) is 91.8 Å². The van der Waals surface area contributed by atoms with Crippen molar-refractivity contribution in [1.29, 1.82) is 0 Å². The molecule has 0 aliphatic rings. The molecule has 0 aliphatic heterocycles. The predicted octanol–water partition coefficient (Wildman–Crippen LogP) is 6.11. The van der Waals surface area contributed by atoms with Crippen LogP contribution in [0.4, 0.5) is 19.4 Å². The summed E-state index contributed by atoms with van der Waals surface area (Å²) in [5.74, 6) is -0.913. The molecule has 0 radical (unpaired) electrons. The van der Waals surface area contributed by atoms with Crippen LogP contribution in [-0.4, -0.2) is 51.3 Å². The van der Waals surface area contributed by atoms with Crippen molar-refractivity contribution in [3.8, 4) is 0 Å². The summed E-state index contributed by atoms with van der Waals surface area (Å²) >= 11 is 6.11. The van der Waals surface area contributed by atoms with Crippen LogP contribution in [0.25, 0.3) is 10.8 Å². The third-order valence-corrected chi connectivity index (χ3v) is 6.27. The van der Waals surface area contributed by atoms with E-state index in [1.165, 1.54) is 36.5 Å². The van der Waals surface area contributed by atoms with Crippen molar-refractivity contribution in [2.24, 2.45) is 0 Å². The van der Waals surface area contributed by atoms with Gasteiger partial charge in [0.1, 0.15) is 24.1 Å². The number of hydrogen-bond donors (Lipinski definition) is 2. The van der Waals surface area contributed by atoms with Crippen molar-refractivity contribution in [3.63, 3.8) is 0 Å². The number of pyridine rings is 1. The van der Waals surface area contributed by atoms with Crippen LogP contribution in [0.5, 0.6) is 0 Å². The van der Waals surface area contributed by atoms with Gasteiger partial charge < -0.3 is 14.7 Å². The van der Waals surface area contributed by atoms with Crippen LogP contribution < -0.4 is 5.32 Å². The van der Waals surface area contributed by atoms with Gasteiger partial charge in [-0.2, -0.15) is 0 Å². The number of hydrogen-bond acceptors (Lipinski definition) is 5. The number of fused-ring (bicyclic) bond motifs is 1. The summed E-state index contributed by atoms with van der Waals surface area (Å²) in [6.45, 7) is 6.70. The predicted molar refractivity (Wildman–Crippen MR) is 143 cm³/mol. The van der Waals surface area contributed by atoms with Gasteiger partial charge in [0.25, 0.3) is 0 Å². The Morgan fingerprint density at radius 3 is 2.45 bits per heavy atom. The number of rotatable bonds is 10. The summed E-state index contributed by atoms with van der Waals surface area (Å²) in [6.07, 6.45) is 1.24. The number of carbonyl (C=O) groups excluding carboxylic acids is 2. The summed E-state index contributed by atoms with van der Waals surface area (Å²) in [4.78, 5) is 31.6. The molecule has 2 amide bonds. The molecule has 7 nitrogen and oxygen atoms in total. The van der Waals surface area contributed by atoms with E-state index in [9.17, 15) is 23.5 Å². The lowest BCUT2D eigenvalue weighted by Crippen LogP contribution is -2.50. The minimum absolute atomic E-state index is 0.0929. The maximum absolute atomic E-state index is 13.6. The number of amides is 2. The second-order valence-corrected chi connectivity index (χ2v) is 10.5. The lowest BCUT2D eigenvalue weighted by Gasteiger charge is -2.37. The van der Waals surface area contributed by atoms with E-state index in [1.807, 2.05) is 13.8 Å². The number of aromatic nitrogens is 1. The number of anilines is 1. The van der Waals surface area contributed by atoms with Crippen molar-refractivity contribution in [1.82, 2.24) is 9.88 Å². The van der Waals surface area contributed by atoms with Gasteiger partial charge in [-0.25, -0.2) is 18.6 Å². The van der Waals surface area contributed by atoms with Gasteiger partial charge in [0.15, 0.2) is 0 Å². The Kier molecular flexibility index (Phi) is 9.62. The molecule has 1 heterocycles. The molecular formula is C28H32ClF2N3O4. The highest BCUT2D eigenvalue weighted by Gasteiger charge is 2.32. The number of halogens is 3. The Morgan fingerprint density at radius 2 is 1.79 bits per heavy atom. The van der Waals surface area contributed by atoms with Crippen LogP contribution in [0.3, 0.4) is 0 Å². The SMILES string of the molecule is CC(C)N(C(=O)CCc1ccc(F)cc1Cl)[C@H](COC(=O)Nc1cc2cc(F)ccc2cn1)CC(C)(C)O. The molecule has 1 atom stereocenters. The van der Waals surface area contributed by atoms with E-state index in [0.29, 0.717) is 22.8 Å². The van der Waals surface area contributed by atoms with Gasteiger partial charge in [0, 0.05) is 29.1 Å². The molecule has 0 bridgehead atoms. The van der Waals surface area contributed by atoms with Crippen molar-refractivity contribution in [3.05, 3.63) is 70.9 Å². The van der Waals surface area contributed by atoms with Gasteiger partial charge in [0.2, 0.25) is 5.91 Å². The monoisotopic (exact) mass is 547 g/mol. The smallest absolute Gasteiger partial charge is 0.412 e. The van der Waals surface area contributed by atoms with Crippen molar-refractivity contribution >= 4 is 40.2 Å². The first-order valence-corrected chi connectivity index (χ1v) is 12.7. The van der Waals surface area contributed by atoms with Gasteiger partial charge >= 0.3 is 6.09 Å². The first-order chi connectivity index (χ1) is 17.8. The molecule has 38 heavy (non-hydrogen) atoms. The molecule has 204 valence electrons. The lowest BCUT2D eigenvalue weighted by molar-refractivity contribution is -0.138. The Labute approximate surface area is 225 Å². The molecule has 0 fully saturated rings. The van der Waals surface area contributed by atoms with E-state index in [2.05, 4.69) is 10.3 Å². The van der Waals surface area contributed by atoms with Gasteiger partial charge in [-0.1, -0.05) is 17.7 Å². The Balaban J connectivity index is 1.69. The number of aryl methyl sites for hydroxylation is 1. The molecule has 1 aromatic heterocycles. The fraction of sp³-hybridized carbons (Fsp3) is 0.393. The Hall–Kier alpha value is -3.30. The van der Waals surface area contributed by atoms with Crippen LogP contribution in [-0.2, 0) is 16.0 Å². The lowest BCUT2D eigenvalue weighted by atomic mass is 9.97. The van der Waals surface area contributed by atoms with E-state index in [-0.39, 0.29) is 42.2 Å². The van der Waals surface area contributed by atoms with Crippen LogP contribution in [0.15, 0.2) is 48.7 Å². The van der Waals surface area contributed by atoms with E-state index in [0.717, 1.165) is 0 Å². The Morgan fingerprint density at radius 1 is 1.11 bits per heavy atom. The number of nitrogens with zero attached hydrogens (tertiary/aromatic N) is 2. The highest BCUT2D eigenvalue weighted by Crippen LogP contribution is 2.23. The van der Waals surface area contributed by atoms with E-state index in [4.69, 9.17) is 16.3 Å². The molecule has 0 saturated carbocycles. The molecule has 3 aromatic rings. The molecule has 3 rings (SSSR count). The Bertz CT molecular complexity index is 1300. The number of carbonyl (C=O) groups is 2. The van der Waals surface area contributed by atoms with Crippen LogP contribution in [0.1, 0.15) is 46.1 Å². The first kappa shape index (κ1) is 29.3. The maximum atomic E-state index is 13.6. The zero-order valence-electron chi connectivity index (χ0n) is 21.8. The number of ether oxygens (including phenoxy) is 1. The summed E-state index contributed by atoms with van der Waals surface area (Å²) in [5, 5.41) is 14.5. The minimum atomic E-state index is -1.15. The standard InChI is InChI=1S/C28H32ClF2N3O4/c1-17(2)34(26(35)10-7-18-5-8-22(31)13-24(18)29)23(14-28(3,4)37)16-38-27(36)33-25-12-20-11-21(30)9-6-19(20)15-32-25/h5-6,8-9,11-13,15,17,23,37H,7,10,14,16H2,1-4H3,(H,32,33,36)/t23-/m0/s1. The maximum Gasteiger partial charge on any atom is 0.412 e. The summed E-state index contributed by atoms with van der Waals surface area (Å²) in [5.41, 5.74) is -0.509. The number of aliphatic hydroxyl groups is 1. The highest BCUT2D eigenvalue weighted by atomic mass is 35.5. The third-order valence-electron chi connectivity index (χ3n) is 5.92. The second kappa shape index (κ2) is 12.5. The van der Waals surface area contributed by atoms with Crippen molar-refractivity contribution < 1.29 is 28.2 Å². The second-order valence-electron chi connectivity index (χ2n) is 10.1. The molecule has 0 spiro atoms. The number of nitrogens with one attached hydrogen (secondary N) is 1. The normalized spacial score (nSPS) is 12.4.